The molecule has 6 heteroatoms. The highest BCUT2D eigenvalue weighted by molar-refractivity contribution is 5.89. The van der Waals surface area contributed by atoms with Crippen LogP contribution in [-0.4, -0.2) is 17.5 Å². The molecule has 1 N–H and O–H groups in total. The largest absolute Gasteiger partial charge is 0.488 e. The number of aryl methyl sites for hydroxylation is 2. The second-order valence-corrected chi connectivity index (χ2v) is 7.18. The van der Waals surface area contributed by atoms with E-state index in [-0.39, 0.29) is 12.3 Å². The van der Waals surface area contributed by atoms with E-state index in [2.05, 4.69) is 16.9 Å². The van der Waals surface area contributed by atoms with Crippen LogP contribution in [-0.2, 0) is 17.8 Å². The van der Waals surface area contributed by atoms with E-state index in [1.54, 1.807) is 18.5 Å². The molecule has 0 bridgehead atoms. The minimum Gasteiger partial charge on any atom is -0.488 e. The molecule has 3 aromatic rings. The summed E-state index contributed by atoms with van der Waals surface area (Å²) in [4.78, 5) is 28.9. The second kappa shape index (κ2) is 8.73. The van der Waals surface area contributed by atoms with Crippen molar-refractivity contribution in [1.82, 2.24) is 10.3 Å². The highest BCUT2D eigenvalue weighted by atomic mass is 16.5. The van der Waals surface area contributed by atoms with Gasteiger partial charge in [0.25, 0.3) is 0 Å². The van der Waals surface area contributed by atoms with Crippen molar-refractivity contribution in [2.45, 2.75) is 33.7 Å². The summed E-state index contributed by atoms with van der Waals surface area (Å²) in [6.45, 7) is 10.2. The van der Waals surface area contributed by atoms with Crippen LogP contribution in [0.25, 0.3) is 11.0 Å². The standard InChI is InChI=1S/C23H24N2O4/c1-14(2)13-28-19-9-15(3)10-20-22(19)16(4)18(23(27)29-20)11-21(26)25-12-17-5-7-24-8-6-17/h5-10H,1,11-13H2,2-4H3,(H,25,26). The van der Waals surface area contributed by atoms with Crippen molar-refractivity contribution >= 4 is 16.9 Å². The van der Waals surface area contributed by atoms with Crippen LogP contribution in [0.1, 0.15) is 29.2 Å². The topological polar surface area (TPSA) is 81.4 Å². The van der Waals surface area contributed by atoms with Gasteiger partial charge < -0.3 is 14.5 Å². The number of aromatic nitrogens is 1. The third-order valence-corrected chi connectivity index (χ3v) is 4.54. The quantitative estimate of drug-likeness (QED) is 0.491. The van der Waals surface area contributed by atoms with Gasteiger partial charge in [0.05, 0.1) is 17.4 Å². The number of hydrogen-bond acceptors (Lipinski definition) is 5. The molecular weight excluding hydrogens is 368 g/mol. The van der Waals surface area contributed by atoms with Gasteiger partial charge in [-0.25, -0.2) is 4.79 Å². The Morgan fingerprint density at radius 3 is 2.66 bits per heavy atom. The molecule has 0 saturated carbocycles. The van der Waals surface area contributed by atoms with E-state index >= 15 is 0 Å². The number of carbonyl (C=O) groups is 1. The molecule has 0 aliphatic heterocycles. The van der Waals surface area contributed by atoms with Crippen LogP contribution in [0.2, 0.25) is 0 Å². The Labute approximate surface area is 169 Å². The summed E-state index contributed by atoms with van der Waals surface area (Å²) in [5.74, 6) is 0.357. The molecule has 1 amide bonds. The van der Waals surface area contributed by atoms with Crippen LogP contribution in [0, 0.1) is 13.8 Å². The van der Waals surface area contributed by atoms with Crippen molar-refractivity contribution in [1.29, 1.82) is 0 Å². The summed E-state index contributed by atoms with van der Waals surface area (Å²) in [5, 5.41) is 3.53. The fourth-order valence-corrected chi connectivity index (χ4v) is 3.08. The molecule has 2 aromatic heterocycles. The first-order chi connectivity index (χ1) is 13.8. The summed E-state index contributed by atoms with van der Waals surface area (Å²) in [6.07, 6.45) is 3.26. The summed E-state index contributed by atoms with van der Waals surface area (Å²) < 4.78 is 11.4. The summed E-state index contributed by atoms with van der Waals surface area (Å²) in [5.41, 5.74) is 3.68. The minimum atomic E-state index is -0.509. The van der Waals surface area contributed by atoms with E-state index in [4.69, 9.17) is 9.15 Å². The fourth-order valence-electron chi connectivity index (χ4n) is 3.08. The van der Waals surface area contributed by atoms with E-state index in [0.717, 1.165) is 16.7 Å². The lowest BCUT2D eigenvalue weighted by Gasteiger charge is -2.14. The van der Waals surface area contributed by atoms with Crippen LogP contribution < -0.4 is 15.7 Å². The van der Waals surface area contributed by atoms with Crippen molar-refractivity contribution in [3.63, 3.8) is 0 Å². The maximum Gasteiger partial charge on any atom is 0.340 e. The lowest BCUT2D eigenvalue weighted by Crippen LogP contribution is -2.27. The van der Waals surface area contributed by atoms with Crippen LogP contribution in [0.3, 0.4) is 0 Å². The number of fused-ring (bicyclic) bond motifs is 1. The highest BCUT2D eigenvalue weighted by Gasteiger charge is 2.18. The number of rotatable bonds is 7. The predicted octanol–water partition coefficient (Wildman–Crippen LogP) is 3.62. The first-order valence-electron chi connectivity index (χ1n) is 9.35. The molecule has 2 heterocycles. The lowest BCUT2D eigenvalue weighted by atomic mass is 10.0. The molecule has 0 saturated heterocycles. The van der Waals surface area contributed by atoms with Crippen molar-refractivity contribution in [2.75, 3.05) is 6.61 Å². The Bertz CT molecular complexity index is 1120. The number of pyridine rings is 1. The molecule has 150 valence electrons. The predicted molar refractivity (Wildman–Crippen MR) is 112 cm³/mol. The number of ether oxygens (including phenoxy) is 1. The van der Waals surface area contributed by atoms with Gasteiger partial charge in [0.2, 0.25) is 5.91 Å². The first-order valence-corrected chi connectivity index (χ1v) is 9.35. The van der Waals surface area contributed by atoms with E-state index in [1.807, 2.05) is 39.0 Å². The third-order valence-electron chi connectivity index (χ3n) is 4.54. The average molecular weight is 392 g/mol. The highest BCUT2D eigenvalue weighted by Crippen LogP contribution is 2.31. The molecule has 0 aliphatic carbocycles. The summed E-state index contributed by atoms with van der Waals surface area (Å²) >= 11 is 0. The Hall–Kier alpha value is -3.41. The van der Waals surface area contributed by atoms with Gasteiger partial charge in [-0.1, -0.05) is 6.58 Å². The van der Waals surface area contributed by atoms with E-state index in [0.29, 0.717) is 41.0 Å². The summed E-state index contributed by atoms with van der Waals surface area (Å²) in [6, 6.07) is 7.34. The van der Waals surface area contributed by atoms with Crippen LogP contribution >= 0.6 is 0 Å². The molecule has 6 nitrogen and oxygen atoms in total. The van der Waals surface area contributed by atoms with Gasteiger partial charge in [0, 0.05) is 18.9 Å². The Morgan fingerprint density at radius 2 is 1.97 bits per heavy atom. The Kier molecular flexibility index (Phi) is 6.12. The van der Waals surface area contributed by atoms with Gasteiger partial charge in [-0.15, -0.1) is 0 Å². The zero-order valence-corrected chi connectivity index (χ0v) is 16.9. The smallest absolute Gasteiger partial charge is 0.340 e. The van der Waals surface area contributed by atoms with Crippen LogP contribution in [0.4, 0.5) is 0 Å². The van der Waals surface area contributed by atoms with Gasteiger partial charge in [0.15, 0.2) is 0 Å². The van der Waals surface area contributed by atoms with E-state index < -0.39 is 5.63 Å². The van der Waals surface area contributed by atoms with Crippen molar-refractivity contribution in [3.05, 3.63) is 81.5 Å². The zero-order valence-electron chi connectivity index (χ0n) is 16.9. The maximum atomic E-state index is 12.5. The van der Waals surface area contributed by atoms with Gasteiger partial charge in [-0.2, -0.15) is 0 Å². The maximum absolute atomic E-state index is 12.5. The molecule has 0 aliphatic rings. The molecule has 1 aromatic carbocycles. The first kappa shape index (κ1) is 20.3. The SMILES string of the molecule is C=C(C)COc1cc(C)cc2oc(=O)c(CC(=O)NCc3ccncc3)c(C)c12. The Balaban J connectivity index is 1.90. The van der Waals surface area contributed by atoms with E-state index in [9.17, 15) is 9.59 Å². The minimum absolute atomic E-state index is 0.0665. The van der Waals surface area contributed by atoms with Crippen molar-refractivity contribution in [3.8, 4) is 5.75 Å². The van der Waals surface area contributed by atoms with Crippen LogP contribution in [0.15, 0.2) is 58.0 Å². The van der Waals surface area contributed by atoms with Gasteiger partial charge >= 0.3 is 5.63 Å². The number of hydrogen-bond donors (Lipinski definition) is 1. The Morgan fingerprint density at radius 1 is 1.24 bits per heavy atom. The number of amides is 1. The van der Waals surface area contributed by atoms with E-state index in [1.165, 1.54) is 0 Å². The van der Waals surface area contributed by atoms with Crippen LogP contribution in [0.5, 0.6) is 5.75 Å². The van der Waals surface area contributed by atoms with Gasteiger partial charge in [-0.05, 0) is 67.3 Å². The molecular formula is C23H24N2O4. The molecule has 0 atom stereocenters. The zero-order chi connectivity index (χ0) is 21.0. The number of carbonyl (C=O) groups excluding carboxylic acids is 1. The number of benzene rings is 1. The van der Waals surface area contributed by atoms with Crippen molar-refractivity contribution in [2.24, 2.45) is 0 Å². The molecule has 3 rings (SSSR count). The molecule has 0 radical (unpaired) electrons. The average Bonchev–Trinajstić information content (AvgIpc) is 2.68. The monoisotopic (exact) mass is 392 g/mol. The number of nitrogens with one attached hydrogen (secondary N) is 1. The third kappa shape index (κ3) is 4.90. The van der Waals surface area contributed by atoms with Crippen molar-refractivity contribution < 1.29 is 13.9 Å². The molecule has 0 unspecified atom stereocenters. The lowest BCUT2D eigenvalue weighted by molar-refractivity contribution is -0.120. The fraction of sp³-hybridized carbons (Fsp3) is 0.261. The normalized spacial score (nSPS) is 10.7. The molecule has 29 heavy (non-hydrogen) atoms. The van der Waals surface area contributed by atoms with Gasteiger partial charge in [0.1, 0.15) is 17.9 Å². The molecule has 0 spiro atoms. The summed E-state index contributed by atoms with van der Waals surface area (Å²) in [7, 11) is 0. The molecule has 0 fully saturated rings. The van der Waals surface area contributed by atoms with Gasteiger partial charge in [-0.3, -0.25) is 9.78 Å². The second-order valence-electron chi connectivity index (χ2n) is 7.18. The number of nitrogens with zero attached hydrogens (tertiary/aromatic N) is 1.